The number of anilines is 3. The predicted octanol–water partition coefficient (Wildman–Crippen LogP) is 3.25. The average molecular weight is 448 g/mol. The predicted molar refractivity (Wildman–Crippen MR) is 119 cm³/mol. The molecule has 0 spiro atoms. The van der Waals surface area contributed by atoms with Crippen molar-refractivity contribution < 1.29 is 17.9 Å². The molecule has 0 radical (unpaired) electrons. The van der Waals surface area contributed by atoms with Crippen molar-refractivity contribution in [1.82, 2.24) is 15.5 Å². The normalized spacial score (nSPS) is 20.7. The number of carbonyl (C=O) groups excluding carboxylic acids is 1. The lowest BCUT2D eigenvalue weighted by Gasteiger charge is -2.16. The molecule has 1 fully saturated rings. The fourth-order valence-corrected chi connectivity index (χ4v) is 5.26. The molecule has 31 heavy (non-hydrogen) atoms. The third-order valence-electron chi connectivity index (χ3n) is 5.71. The van der Waals surface area contributed by atoms with Crippen LogP contribution in [-0.2, 0) is 21.2 Å². The van der Waals surface area contributed by atoms with Crippen LogP contribution >= 0.6 is 0 Å². The van der Waals surface area contributed by atoms with E-state index in [-0.39, 0.29) is 24.2 Å². The lowest BCUT2D eigenvalue weighted by molar-refractivity contribution is 0.0981. The van der Waals surface area contributed by atoms with Gasteiger partial charge in [-0.3, -0.25) is 9.40 Å². The first kappa shape index (κ1) is 21.5. The molecule has 1 aromatic carbocycles. The van der Waals surface area contributed by atoms with Gasteiger partial charge in [-0.2, -0.15) is 5.10 Å². The highest BCUT2D eigenvalue weighted by atomic mass is 32.2. The zero-order valence-electron chi connectivity index (χ0n) is 18.0. The Morgan fingerprint density at radius 2 is 2.10 bits per heavy atom. The molecule has 3 N–H and O–H groups in total. The van der Waals surface area contributed by atoms with Crippen molar-refractivity contribution in [2.24, 2.45) is 0 Å². The number of nitrogens with one attached hydrogen (secondary N) is 3. The minimum atomic E-state index is -3.25. The number of fused-ring (bicyclic) bond motifs is 1. The van der Waals surface area contributed by atoms with Crippen LogP contribution in [-0.4, -0.2) is 49.7 Å². The smallest absolute Gasteiger partial charge is 0.407 e. The Hall–Kier alpha value is -2.75. The molecule has 0 bridgehead atoms. The van der Waals surface area contributed by atoms with E-state index in [0.717, 1.165) is 41.9 Å². The van der Waals surface area contributed by atoms with Gasteiger partial charge < -0.3 is 15.4 Å². The molecular weight excluding hydrogens is 418 g/mol. The number of H-pyrrole nitrogens is 1. The summed E-state index contributed by atoms with van der Waals surface area (Å²) >= 11 is 0. The van der Waals surface area contributed by atoms with E-state index in [1.807, 2.05) is 38.1 Å². The second-order valence-electron chi connectivity index (χ2n) is 8.60. The number of alkyl carbamates (subject to hydrolysis) is 1. The second kappa shape index (κ2) is 8.41. The molecule has 1 saturated carbocycles. The van der Waals surface area contributed by atoms with Crippen LogP contribution in [0.3, 0.4) is 0 Å². The van der Waals surface area contributed by atoms with Crippen molar-refractivity contribution in [3.05, 3.63) is 35.5 Å². The Morgan fingerprint density at radius 3 is 2.84 bits per heavy atom. The molecule has 2 atom stereocenters. The first-order chi connectivity index (χ1) is 14.7. The Morgan fingerprint density at radius 1 is 1.29 bits per heavy atom. The number of benzene rings is 1. The number of rotatable bonds is 6. The molecule has 9 nitrogen and oxygen atoms in total. The zero-order valence-corrected chi connectivity index (χ0v) is 18.8. The maximum absolute atomic E-state index is 11.9. The fraction of sp³-hybridized carbons (Fsp3) is 0.524. The minimum absolute atomic E-state index is 0.0552. The maximum atomic E-state index is 11.9. The fourth-order valence-electron chi connectivity index (χ4n) is 4.30. The van der Waals surface area contributed by atoms with E-state index in [1.54, 1.807) is 0 Å². The first-order valence-corrected chi connectivity index (χ1v) is 12.4. The van der Waals surface area contributed by atoms with Crippen LogP contribution in [0, 0.1) is 0 Å². The third-order valence-corrected chi connectivity index (χ3v) is 6.89. The summed E-state index contributed by atoms with van der Waals surface area (Å²) in [5.41, 5.74) is 3.63. The molecule has 1 aliphatic heterocycles. The van der Waals surface area contributed by atoms with Crippen LogP contribution in [0.1, 0.15) is 50.3 Å². The molecule has 1 amide bonds. The van der Waals surface area contributed by atoms with E-state index in [0.29, 0.717) is 18.8 Å². The molecule has 10 heteroatoms. The van der Waals surface area contributed by atoms with Crippen LogP contribution in [0.5, 0.6) is 0 Å². The van der Waals surface area contributed by atoms with Gasteiger partial charge in [0.25, 0.3) is 0 Å². The van der Waals surface area contributed by atoms with Gasteiger partial charge in [0, 0.05) is 36.0 Å². The van der Waals surface area contributed by atoms with Crippen molar-refractivity contribution in [1.29, 1.82) is 0 Å². The van der Waals surface area contributed by atoms with Crippen LogP contribution in [0.25, 0.3) is 0 Å². The monoisotopic (exact) mass is 447 g/mol. The number of ether oxygens (including phenoxy) is 1. The number of aromatic nitrogens is 2. The van der Waals surface area contributed by atoms with E-state index in [2.05, 4.69) is 20.8 Å². The van der Waals surface area contributed by atoms with Gasteiger partial charge in [-0.05, 0) is 63.3 Å². The second-order valence-corrected chi connectivity index (χ2v) is 10.5. The summed E-state index contributed by atoms with van der Waals surface area (Å²) in [6.45, 7) is 4.28. The molecule has 0 saturated heterocycles. The molecule has 0 unspecified atom stereocenters. The largest absolute Gasteiger partial charge is 0.446 e. The van der Waals surface area contributed by atoms with Crippen LogP contribution in [0.2, 0.25) is 0 Å². The quantitative estimate of drug-likeness (QED) is 0.626. The van der Waals surface area contributed by atoms with Crippen molar-refractivity contribution in [3.8, 4) is 0 Å². The number of aromatic amines is 1. The summed E-state index contributed by atoms with van der Waals surface area (Å²) in [4.78, 5) is 11.8. The summed E-state index contributed by atoms with van der Waals surface area (Å²) in [6, 6.07) is 7.71. The Labute approximate surface area is 182 Å². The van der Waals surface area contributed by atoms with Gasteiger partial charge >= 0.3 is 6.09 Å². The SMILES string of the molecule is CC(C)NC(=O)O[C@H]1CC[C@@H](c2cc(Nc3ccc4c(c3)CCN4S(C)(=O)=O)n[nH]2)C1. The van der Waals surface area contributed by atoms with Gasteiger partial charge in [-0.25, -0.2) is 13.2 Å². The van der Waals surface area contributed by atoms with Gasteiger partial charge in [-0.15, -0.1) is 0 Å². The van der Waals surface area contributed by atoms with E-state index in [1.165, 1.54) is 10.6 Å². The van der Waals surface area contributed by atoms with Crippen LogP contribution in [0.15, 0.2) is 24.3 Å². The number of nitrogens with zero attached hydrogens (tertiary/aromatic N) is 2. The van der Waals surface area contributed by atoms with E-state index in [4.69, 9.17) is 4.74 Å². The van der Waals surface area contributed by atoms with E-state index >= 15 is 0 Å². The standard InChI is InChI=1S/C21H29N5O4S/c1-13(2)22-21(27)30-17-6-4-14(11-17)18-12-20(25-24-18)23-16-5-7-19-15(10-16)8-9-26(19)31(3,28)29/h5,7,10,12-14,17H,4,6,8-9,11H2,1-3H3,(H,22,27)(H2,23,24,25)/t14-,17+/m1/s1. The van der Waals surface area contributed by atoms with Crippen LogP contribution in [0.4, 0.5) is 22.0 Å². The van der Waals surface area contributed by atoms with E-state index < -0.39 is 10.0 Å². The zero-order chi connectivity index (χ0) is 22.2. The number of hydrogen-bond donors (Lipinski definition) is 3. The van der Waals surface area contributed by atoms with Gasteiger partial charge in [0.2, 0.25) is 10.0 Å². The number of carbonyl (C=O) groups is 1. The van der Waals surface area contributed by atoms with Crippen molar-refractivity contribution >= 4 is 33.3 Å². The summed E-state index contributed by atoms with van der Waals surface area (Å²) in [5.74, 6) is 0.970. The van der Waals surface area contributed by atoms with Gasteiger partial charge in [-0.1, -0.05) is 0 Å². The third kappa shape index (κ3) is 4.95. The molecule has 4 rings (SSSR count). The average Bonchev–Trinajstić information content (AvgIpc) is 3.39. The summed E-state index contributed by atoms with van der Waals surface area (Å²) in [7, 11) is -3.25. The Kier molecular flexibility index (Phi) is 5.83. The van der Waals surface area contributed by atoms with E-state index in [9.17, 15) is 13.2 Å². The highest BCUT2D eigenvalue weighted by Gasteiger charge is 2.30. The molecule has 2 aromatic rings. The topological polar surface area (TPSA) is 116 Å². The number of hydrogen-bond acceptors (Lipinski definition) is 6. The molecule has 168 valence electrons. The molecule has 1 aliphatic carbocycles. The minimum Gasteiger partial charge on any atom is -0.446 e. The van der Waals surface area contributed by atoms with Gasteiger partial charge in [0.15, 0.2) is 5.82 Å². The summed E-state index contributed by atoms with van der Waals surface area (Å²) in [5, 5.41) is 13.5. The Balaban J connectivity index is 1.37. The van der Waals surface area contributed by atoms with Crippen LogP contribution < -0.4 is 14.9 Å². The van der Waals surface area contributed by atoms with Crippen molar-refractivity contribution in [2.75, 3.05) is 22.4 Å². The highest BCUT2D eigenvalue weighted by molar-refractivity contribution is 7.92. The van der Waals surface area contributed by atoms with Crippen molar-refractivity contribution in [2.45, 2.75) is 57.6 Å². The molecular formula is C21H29N5O4S. The summed E-state index contributed by atoms with van der Waals surface area (Å²) < 4.78 is 30.7. The lowest BCUT2D eigenvalue weighted by Crippen LogP contribution is -2.33. The van der Waals surface area contributed by atoms with Crippen molar-refractivity contribution in [3.63, 3.8) is 0 Å². The highest BCUT2D eigenvalue weighted by Crippen LogP contribution is 2.37. The molecule has 2 aliphatic rings. The molecule has 2 heterocycles. The maximum Gasteiger partial charge on any atom is 0.407 e. The summed E-state index contributed by atoms with van der Waals surface area (Å²) in [6.07, 6.45) is 4.01. The van der Waals surface area contributed by atoms with Gasteiger partial charge in [0.1, 0.15) is 6.10 Å². The lowest BCUT2D eigenvalue weighted by atomic mass is 10.0. The first-order valence-electron chi connectivity index (χ1n) is 10.6. The number of sulfonamides is 1. The van der Waals surface area contributed by atoms with Gasteiger partial charge in [0.05, 0.1) is 11.9 Å². The molecule has 1 aromatic heterocycles. The number of amides is 1. The Bertz CT molecular complexity index is 1070.